The van der Waals surface area contributed by atoms with Gasteiger partial charge in [0.15, 0.2) is 0 Å². The quantitative estimate of drug-likeness (QED) is 0.0244. The first-order valence-electron chi connectivity index (χ1n) is 24.2. The Bertz CT molecular complexity index is 1140. The molecule has 0 heterocycles. The van der Waals surface area contributed by atoms with Gasteiger partial charge < -0.3 is 19.8 Å². The molecule has 0 radical (unpaired) electrons. The van der Waals surface area contributed by atoms with Gasteiger partial charge in [-0.25, -0.2) is 4.57 Å². The number of rotatable bonds is 43. The number of quaternary nitrogens is 1. The van der Waals surface area contributed by atoms with Crippen molar-refractivity contribution in [2.24, 2.45) is 0 Å². The molecular weight excluding hydrogens is 756 g/mol. The number of hydrogen-bond acceptors (Lipinski definition) is 5. The SMILES string of the molecule is CC/C=C\C/C=C\C/C=C\C/C=C\CCCCCCCCC(=O)NC(COP(=O)(O)OCC[N+](C)(C)C)C(O)/C=C/CCCCCCCCCCCCCCCCCC. The maximum absolute atomic E-state index is 12.9. The van der Waals surface area contributed by atoms with Gasteiger partial charge in [-0.15, -0.1) is 0 Å². The van der Waals surface area contributed by atoms with E-state index in [0.717, 1.165) is 77.0 Å². The molecule has 0 aromatic rings. The van der Waals surface area contributed by atoms with Crippen LogP contribution in [0.15, 0.2) is 60.8 Å². The van der Waals surface area contributed by atoms with Crippen molar-refractivity contribution in [1.82, 2.24) is 5.32 Å². The van der Waals surface area contributed by atoms with Gasteiger partial charge in [-0.1, -0.05) is 197 Å². The molecule has 0 aromatic heterocycles. The highest BCUT2D eigenvalue weighted by molar-refractivity contribution is 7.47. The van der Waals surface area contributed by atoms with Crippen molar-refractivity contribution in [2.45, 2.75) is 212 Å². The smallest absolute Gasteiger partial charge is 0.387 e. The monoisotopic (exact) mass is 850 g/mol. The van der Waals surface area contributed by atoms with Crippen LogP contribution in [0.1, 0.15) is 200 Å². The second-order valence-electron chi connectivity index (χ2n) is 17.5. The molecule has 0 aliphatic heterocycles. The predicted octanol–water partition coefficient (Wildman–Crippen LogP) is 13.8. The standard InChI is InChI=1S/C50H93N2O6P/c1-6-8-10-12-14-16-18-20-22-24-26-28-30-32-34-36-38-40-42-44-50(54)51-48(47-58-59(55,56)57-46-45-52(3,4)5)49(53)43-41-39-37-35-33-31-29-27-25-23-21-19-17-15-13-11-9-7-2/h8,10,14,16,20,22,26,28,41,43,48-49,53H,6-7,9,11-13,15,17-19,21,23-25,27,29-40,42,44-47H2,1-5H3,(H-,51,54,55,56)/p+1/b10-8-,16-14-,22-20-,28-26-,43-41+. The molecule has 0 rings (SSSR count). The maximum Gasteiger partial charge on any atom is 0.472 e. The van der Waals surface area contributed by atoms with Gasteiger partial charge in [0.25, 0.3) is 0 Å². The van der Waals surface area contributed by atoms with Crippen LogP contribution < -0.4 is 5.32 Å². The van der Waals surface area contributed by atoms with Gasteiger partial charge in [0.2, 0.25) is 5.91 Å². The maximum atomic E-state index is 12.9. The lowest BCUT2D eigenvalue weighted by Crippen LogP contribution is -2.45. The summed E-state index contributed by atoms with van der Waals surface area (Å²) < 4.78 is 23.6. The first-order chi connectivity index (χ1) is 28.5. The van der Waals surface area contributed by atoms with Crippen molar-refractivity contribution in [2.75, 3.05) is 40.9 Å². The van der Waals surface area contributed by atoms with E-state index < -0.39 is 20.0 Å². The van der Waals surface area contributed by atoms with Crippen LogP contribution in [0.25, 0.3) is 0 Å². The Labute approximate surface area is 364 Å². The summed E-state index contributed by atoms with van der Waals surface area (Å²) in [5.74, 6) is -0.193. The summed E-state index contributed by atoms with van der Waals surface area (Å²) in [5.41, 5.74) is 0. The average molecular weight is 850 g/mol. The summed E-state index contributed by atoms with van der Waals surface area (Å²) in [6.07, 6.45) is 54.3. The second-order valence-corrected chi connectivity index (χ2v) is 18.9. The van der Waals surface area contributed by atoms with Crippen molar-refractivity contribution < 1.29 is 32.9 Å². The van der Waals surface area contributed by atoms with E-state index in [4.69, 9.17) is 9.05 Å². The molecule has 344 valence electrons. The zero-order valence-electron chi connectivity index (χ0n) is 39.0. The van der Waals surface area contributed by atoms with Crippen LogP contribution in [-0.2, 0) is 18.4 Å². The van der Waals surface area contributed by atoms with Crippen molar-refractivity contribution in [3.63, 3.8) is 0 Å². The number of aliphatic hydroxyl groups is 1. The summed E-state index contributed by atoms with van der Waals surface area (Å²) in [5, 5.41) is 13.9. The molecule has 0 saturated heterocycles. The first-order valence-corrected chi connectivity index (χ1v) is 25.7. The van der Waals surface area contributed by atoms with E-state index in [1.165, 1.54) is 103 Å². The summed E-state index contributed by atoms with van der Waals surface area (Å²) in [6, 6.07) is -0.856. The highest BCUT2D eigenvalue weighted by Crippen LogP contribution is 2.43. The number of allylic oxidation sites excluding steroid dienone is 9. The highest BCUT2D eigenvalue weighted by Gasteiger charge is 2.27. The molecule has 0 spiro atoms. The average Bonchev–Trinajstić information content (AvgIpc) is 3.19. The molecule has 0 aromatic carbocycles. The van der Waals surface area contributed by atoms with Crippen LogP contribution in [0.2, 0.25) is 0 Å². The lowest BCUT2D eigenvalue weighted by atomic mass is 10.0. The van der Waals surface area contributed by atoms with Gasteiger partial charge in [0.05, 0.1) is 39.9 Å². The van der Waals surface area contributed by atoms with Crippen molar-refractivity contribution in [1.29, 1.82) is 0 Å². The number of hydrogen-bond donors (Lipinski definition) is 3. The third-order valence-corrected chi connectivity index (χ3v) is 11.5. The fourth-order valence-corrected chi connectivity index (χ4v) is 7.41. The molecule has 0 fully saturated rings. The van der Waals surface area contributed by atoms with Gasteiger partial charge in [0.1, 0.15) is 13.2 Å². The number of carbonyl (C=O) groups excluding carboxylic acids is 1. The van der Waals surface area contributed by atoms with Crippen molar-refractivity contribution in [3.8, 4) is 0 Å². The number of nitrogens with zero attached hydrogens (tertiary/aromatic N) is 1. The lowest BCUT2D eigenvalue weighted by molar-refractivity contribution is -0.870. The zero-order valence-corrected chi connectivity index (χ0v) is 39.9. The van der Waals surface area contributed by atoms with Crippen LogP contribution in [0, 0.1) is 0 Å². The van der Waals surface area contributed by atoms with Crippen LogP contribution in [0.3, 0.4) is 0 Å². The number of carbonyl (C=O) groups is 1. The molecule has 0 bridgehead atoms. The van der Waals surface area contributed by atoms with Gasteiger partial charge in [-0.2, -0.15) is 0 Å². The van der Waals surface area contributed by atoms with E-state index in [9.17, 15) is 19.4 Å². The summed E-state index contributed by atoms with van der Waals surface area (Å²) in [7, 11) is 1.55. The Morgan fingerprint density at radius 3 is 1.49 bits per heavy atom. The topological polar surface area (TPSA) is 105 Å². The van der Waals surface area contributed by atoms with Gasteiger partial charge in [-0.05, 0) is 57.8 Å². The van der Waals surface area contributed by atoms with Crippen molar-refractivity contribution >= 4 is 13.7 Å². The van der Waals surface area contributed by atoms with Crippen LogP contribution >= 0.6 is 7.82 Å². The number of nitrogens with one attached hydrogen (secondary N) is 1. The predicted molar refractivity (Wildman–Crippen MR) is 254 cm³/mol. The molecule has 1 amide bonds. The number of amides is 1. The van der Waals surface area contributed by atoms with E-state index in [1.54, 1.807) is 6.08 Å². The molecular formula is C50H94N2O6P+. The summed E-state index contributed by atoms with van der Waals surface area (Å²) in [4.78, 5) is 23.2. The van der Waals surface area contributed by atoms with E-state index in [2.05, 4.69) is 67.8 Å². The van der Waals surface area contributed by atoms with Crippen LogP contribution in [0.4, 0.5) is 0 Å². The van der Waals surface area contributed by atoms with E-state index >= 15 is 0 Å². The van der Waals surface area contributed by atoms with Crippen LogP contribution in [0.5, 0.6) is 0 Å². The summed E-state index contributed by atoms with van der Waals surface area (Å²) in [6.45, 7) is 4.69. The number of phosphoric acid groups is 1. The molecule has 59 heavy (non-hydrogen) atoms. The molecule has 9 heteroatoms. The minimum atomic E-state index is -4.35. The Morgan fingerprint density at radius 1 is 0.593 bits per heavy atom. The Balaban J connectivity index is 4.41. The van der Waals surface area contributed by atoms with E-state index in [-0.39, 0.29) is 19.1 Å². The first kappa shape index (κ1) is 57.2. The van der Waals surface area contributed by atoms with E-state index in [0.29, 0.717) is 17.4 Å². The molecule has 3 unspecified atom stereocenters. The molecule has 8 nitrogen and oxygen atoms in total. The minimum Gasteiger partial charge on any atom is -0.387 e. The zero-order chi connectivity index (χ0) is 43.6. The Hall–Kier alpha value is -1.80. The largest absolute Gasteiger partial charge is 0.472 e. The van der Waals surface area contributed by atoms with Gasteiger partial charge >= 0.3 is 7.82 Å². The third-order valence-electron chi connectivity index (χ3n) is 10.5. The number of unbranched alkanes of at least 4 members (excludes halogenated alkanes) is 22. The Kier molecular flexibility index (Phi) is 40.3. The molecule has 0 aliphatic carbocycles. The molecule has 0 aliphatic rings. The minimum absolute atomic E-state index is 0.0561. The summed E-state index contributed by atoms with van der Waals surface area (Å²) >= 11 is 0. The highest BCUT2D eigenvalue weighted by atomic mass is 31.2. The fourth-order valence-electron chi connectivity index (χ4n) is 6.68. The van der Waals surface area contributed by atoms with Gasteiger partial charge in [0, 0.05) is 6.42 Å². The molecule has 3 atom stereocenters. The third kappa shape index (κ3) is 44.1. The van der Waals surface area contributed by atoms with Gasteiger partial charge in [-0.3, -0.25) is 13.8 Å². The molecule has 0 saturated carbocycles. The fraction of sp³-hybridized carbons (Fsp3) is 0.780. The number of phosphoric ester groups is 1. The van der Waals surface area contributed by atoms with E-state index in [1.807, 2.05) is 27.2 Å². The number of likely N-dealkylation sites (N-methyl/N-ethyl adjacent to an activating group) is 1. The number of aliphatic hydroxyl groups excluding tert-OH is 1. The molecule has 3 N–H and O–H groups in total. The van der Waals surface area contributed by atoms with Crippen LogP contribution in [-0.4, -0.2) is 73.4 Å². The van der Waals surface area contributed by atoms with Crippen molar-refractivity contribution in [3.05, 3.63) is 60.8 Å². The Morgan fingerprint density at radius 2 is 1.02 bits per heavy atom. The normalized spacial score (nSPS) is 14.8. The second kappa shape index (κ2) is 41.5. The lowest BCUT2D eigenvalue weighted by Gasteiger charge is -2.25.